The first kappa shape index (κ1) is 35.4. The second-order valence-electron chi connectivity index (χ2n) is 15.9. The van der Waals surface area contributed by atoms with Crippen molar-refractivity contribution in [1.82, 2.24) is 0 Å². The highest BCUT2D eigenvalue weighted by Crippen LogP contribution is 2.81. The van der Waals surface area contributed by atoms with Crippen LogP contribution in [0, 0.1) is 27.6 Å². The first-order valence-electron chi connectivity index (χ1n) is 17.6. The zero-order valence-corrected chi connectivity index (χ0v) is 30.4. The van der Waals surface area contributed by atoms with Crippen molar-refractivity contribution in [3.8, 4) is 11.5 Å². The van der Waals surface area contributed by atoms with Gasteiger partial charge in [-0.05, 0) is 74.9 Å². The molecule has 1 aliphatic heterocycles. The SMILES string of the molecule is CC(=O)OC1CC2(C)C(c3ccoc3)CC3OC32C2(C)C(=O)C(O)=C3C(C)(C)C(=O)C=CC3(C)C12.COc1ccc(C(=O)c2ccccc2)c(O)c1. The monoisotopic (exact) mass is 708 g/mol. The lowest BCUT2D eigenvalue weighted by atomic mass is 9.38. The summed E-state index contributed by atoms with van der Waals surface area (Å²) in [5.41, 5.74) is -2.23. The Balaban J connectivity index is 0.000000208. The van der Waals surface area contributed by atoms with Gasteiger partial charge in [-0.25, -0.2) is 0 Å². The highest BCUT2D eigenvalue weighted by Gasteiger charge is 2.89. The largest absolute Gasteiger partial charge is 0.507 e. The summed E-state index contributed by atoms with van der Waals surface area (Å²) in [6, 6.07) is 15.4. The van der Waals surface area contributed by atoms with Gasteiger partial charge >= 0.3 is 5.97 Å². The van der Waals surface area contributed by atoms with Gasteiger partial charge in [0.2, 0.25) is 5.78 Å². The quantitative estimate of drug-likeness (QED) is 0.160. The van der Waals surface area contributed by atoms with Crippen molar-refractivity contribution in [3.05, 3.63) is 107 Å². The first-order chi connectivity index (χ1) is 24.5. The molecule has 10 nitrogen and oxygen atoms in total. The number of phenolic OH excluding ortho intramolecular Hbond substituents is 1. The van der Waals surface area contributed by atoms with Gasteiger partial charge in [0.25, 0.3) is 0 Å². The maximum atomic E-state index is 14.3. The van der Waals surface area contributed by atoms with Crippen molar-refractivity contribution in [2.45, 2.75) is 78.1 Å². The van der Waals surface area contributed by atoms with Crippen LogP contribution in [0.1, 0.15) is 81.8 Å². The fraction of sp³-hybridized carbons (Fsp3) is 0.429. The van der Waals surface area contributed by atoms with E-state index in [0.29, 0.717) is 29.7 Å². The topological polar surface area (TPSA) is 153 Å². The molecule has 8 rings (SSSR count). The van der Waals surface area contributed by atoms with E-state index in [1.54, 1.807) is 74.9 Å². The maximum absolute atomic E-state index is 14.3. The summed E-state index contributed by atoms with van der Waals surface area (Å²) < 4.78 is 22.9. The van der Waals surface area contributed by atoms with Gasteiger partial charge in [0.1, 0.15) is 23.2 Å². The number of furan rings is 1. The van der Waals surface area contributed by atoms with E-state index in [9.17, 15) is 29.4 Å². The fourth-order valence-electron chi connectivity index (χ4n) is 10.8. The van der Waals surface area contributed by atoms with Crippen molar-refractivity contribution in [1.29, 1.82) is 0 Å². The fourth-order valence-corrected chi connectivity index (χ4v) is 10.8. The van der Waals surface area contributed by atoms with Crippen molar-refractivity contribution < 1.29 is 48.0 Å². The Kier molecular flexibility index (Phi) is 8.03. The number of hydrogen-bond donors (Lipinski definition) is 2. The summed E-state index contributed by atoms with van der Waals surface area (Å²) >= 11 is 0. The second-order valence-corrected chi connectivity index (χ2v) is 15.9. The van der Waals surface area contributed by atoms with Crippen LogP contribution in [0.2, 0.25) is 0 Å². The molecule has 0 radical (unpaired) electrons. The number of hydrogen-bond acceptors (Lipinski definition) is 10. The molecule has 0 bridgehead atoms. The maximum Gasteiger partial charge on any atom is 0.302 e. The molecule has 5 aliphatic rings. The van der Waals surface area contributed by atoms with Gasteiger partial charge < -0.3 is 28.8 Å². The standard InChI is InChI=1S/C28H32O7.C14H12O3/c1-14(29)34-17-12-26(5)16(15-8-10-33-13-15)11-19-28(26,35-19)27(6)21(17)25(4)9-7-18(30)24(2,3)22(25)20(31)23(27)32;1-17-11-7-8-12(13(15)9-11)14(16)10-5-3-2-4-6-10/h7-10,13,16-17,19,21,31H,11-12H2,1-6H3;2-9,15H,1H3. The van der Waals surface area contributed by atoms with E-state index in [4.69, 9.17) is 18.6 Å². The van der Waals surface area contributed by atoms with Crippen LogP contribution in [0.4, 0.5) is 0 Å². The lowest BCUT2D eigenvalue weighted by molar-refractivity contribution is -0.200. The molecule has 52 heavy (non-hydrogen) atoms. The van der Waals surface area contributed by atoms with Gasteiger partial charge in [0, 0.05) is 35.3 Å². The van der Waals surface area contributed by atoms with Crippen LogP contribution >= 0.6 is 0 Å². The number of rotatable bonds is 5. The minimum absolute atomic E-state index is 0.0453. The van der Waals surface area contributed by atoms with Gasteiger partial charge in [0.15, 0.2) is 17.3 Å². The van der Waals surface area contributed by atoms with E-state index in [1.165, 1.54) is 20.1 Å². The van der Waals surface area contributed by atoms with Crippen molar-refractivity contribution in [2.75, 3.05) is 7.11 Å². The molecule has 8 unspecified atom stereocenters. The molecule has 3 aromatic rings. The Hall–Kier alpha value is -4.96. The highest BCUT2D eigenvalue weighted by atomic mass is 16.6. The number of epoxide rings is 1. The minimum Gasteiger partial charge on any atom is -0.507 e. The Bertz CT molecular complexity index is 2040. The number of benzene rings is 2. The molecule has 272 valence electrons. The van der Waals surface area contributed by atoms with Crippen LogP contribution in [0.3, 0.4) is 0 Å². The summed E-state index contributed by atoms with van der Waals surface area (Å²) in [6.45, 7) is 10.8. The normalized spacial score (nSPS) is 34.9. The van der Waals surface area contributed by atoms with Crippen LogP contribution < -0.4 is 4.74 Å². The van der Waals surface area contributed by atoms with Crippen LogP contribution in [-0.2, 0) is 23.9 Å². The molecule has 2 saturated carbocycles. The second kappa shape index (κ2) is 11.8. The van der Waals surface area contributed by atoms with Gasteiger partial charge in [-0.2, -0.15) is 0 Å². The molecule has 4 aliphatic carbocycles. The number of esters is 1. The molecule has 2 aromatic carbocycles. The molecule has 0 amide bonds. The van der Waals surface area contributed by atoms with E-state index in [2.05, 4.69) is 6.92 Å². The smallest absolute Gasteiger partial charge is 0.302 e. The Labute approximate surface area is 302 Å². The Morgan fingerprint density at radius 2 is 1.67 bits per heavy atom. The number of aliphatic hydroxyl groups excluding tert-OH is 1. The van der Waals surface area contributed by atoms with Gasteiger partial charge in [-0.15, -0.1) is 0 Å². The third-order valence-corrected chi connectivity index (χ3v) is 12.9. The van der Waals surface area contributed by atoms with Crippen LogP contribution in [0.5, 0.6) is 11.5 Å². The molecular weight excluding hydrogens is 664 g/mol. The zero-order chi connectivity index (χ0) is 37.6. The molecule has 2 N–H and O–H groups in total. The van der Waals surface area contributed by atoms with Gasteiger partial charge in [-0.1, -0.05) is 50.3 Å². The number of aliphatic hydroxyl groups is 1. The summed E-state index contributed by atoms with van der Waals surface area (Å²) in [4.78, 5) is 51.7. The number of aromatic hydroxyl groups is 1. The van der Waals surface area contributed by atoms with Crippen molar-refractivity contribution in [3.63, 3.8) is 0 Å². The minimum atomic E-state index is -1.17. The summed E-state index contributed by atoms with van der Waals surface area (Å²) in [5, 5.41) is 21.3. The van der Waals surface area contributed by atoms with Crippen LogP contribution in [0.15, 0.2) is 95.0 Å². The molecule has 8 atom stereocenters. The number of carbonyl (C=O) groups is 4. The van der Waals surface area contributed by atoms with Crippen molar-refractivity contribution >= 4 is 23.3 Å². The lowest BCUT2D eigenvalue weighted by Gasteiger charge is -2.64. The number of ketones is 3. The number of fused-ring (bicyclic) bond motifs is 3. The summed E-state index contributed by atoms with van der Waals surface area (Å²) in [6.07, 6.45) is 7.17. The van der Waals surface area contributed by atoms with Gasteiger partial charge in [0.05, 0.1) is 42.1 Å². The number of Topliss-reactive ketones (excluding diaryl/α,β-unsaturated/α-hetero) is 1. The van der Waals surface area contributed by atoms with Gasteiger partial charge in [-0.3, -0.25) is 19.2 Å². The third kappa shape index (κ3) is 4.65. The average molecular weight is 709 g/mol. The number of allylic oxidation sites excluding steroid dienone is 4. The highest BCUT2D eigenvalue weighted by molar-refractivity contribution is 6.10. The molecule has 1 aromatic heterocycles. The Morgan fingerprint density at radius 1 is 0.962 bits per heavy atom. The van der Waals surface area contributed by atoms with Crippen LogP contribution in [0.25, 0.3) is 0 Å². The van der Waals surface area contributed by atoms with Crippen LogP contribution in [-0.4, -0.2) is 58.5 Å². The molecule has 1 spiro atoms. The first-order valence-corrected chi connectivity index (χ1v) is 17.6. The van der Waals surface area contributed by atoms with Crippen molar-refractivity contribution in [2.24, 2.45) is 27.6 Å². The average Bonchev–Trinajstić information content (AvgIpc) is 3.47. The summed E-state index contributed by atoms with van der Waals surface area (Å²) in [5.74, 6) is -1.59. The number of phenols is 1. The number of ether oxygens (including phenoxy) is 3. The molecule has 3 fully saturated rings. The number of carbonyl (C=O) groups excluding carboxylic acids is 4. The molecule has 10 heteroatoms. The lowest BCUT2D eigenvalue weighted by Crippen LogP contribution is -2.70. The molecule has 2 heterocycles. The van der Waals surface area contributed by atoms with E-state index in [0.717, 1.165) is 5.56 Å². The zero-order valence-electron chi connectivity index (χ0n) is 30.4. The van der Waals surface area contributed by atoms with E-state index >= 15 is 0 Å². The predicted octanol–water partition coefficient (Wildman–Crippen LogP) is 7.07. The Morgan fingerprint density at radius 3 is 2.29 bits per heavy atom. The summed E-state index contributed by atoms with van der Waals surface area (Å²) in [7, 11) is 1.51. The van der Waals surface area contributed by atoms with E-state index in [-0.39, 0.29) is 40.7 Å². The molecule has 1 saturated heterocycles. The molecular formula is C42H44O10. The van der Waals surface area contributed by atoms with E-state index in [1.807, 2.05) is 26.0 Å². The third-order valence-electron chi connectivity index (χ3n) is 12.9. The number of methoxy groups -OCH3 is 1. The predicted molar refractivity (Wildman–Crippen MR) is 189 cm³/mol. The van der Waals surface area contributed by atoms with E-state index < -0.39 is 51.0 Å².